The van der Waals surface area contributed by atoms with Gasteiger partial charge in [0.1, 0.15) is 5.69 Å². The van der Waals surface area contributed by atoms with Gasteiger partial charge in [0.2, 0.25) is 0 Å². The monoisotopic (exact) mass is 302 g/mol. The second-order valence-corrected chi connectivity index (χ2v) is 4.80. The number of alkyl halides is 3. The minimum atomic E-state index is -4.51. The van der Waals surface area contributed by atoms with Crippen molar-refractivity contribution >= 4 is 11.9 Å². The molecule has 5 nitrogen and oxygen atoms in total. The van der Waals surface area contributed by atoms with E-state index in [1.807, 2.05) is 0 Å². The normalized spacial score (nSPS) is 14.8. The smallest absolute Gasteiger partial charge is 0.417 e. The lowest BCUT2D eigenvalue weighted by Crippen LogP contribution is -2.35. The fraction of sp³-hybridized carbons (Fsp3) is 0.462. The Morgan fingerprint density at radius 2 is 2.00 bits per heavy atom. The van der Waals surface area contributed by atoms with Crippen LogP contribution in [0.4, 0.5) is 13.2 Å². The predicted octanol–water partition coefficient (Wildman–Crippen LogP) is 2.18. The lowest BCUT2D eigenvalue weighted by Gasteiger charge is -2.21. The molecular weight excluding hydrogens is 289 g/mol. The van der Waals surface area contributed by atoms with Crippen LogP contribution in [-0.2, 0) is 11.0 Å². The van der Waals surface area contributed by atoms with Gasteiger partial charge in [0.25, 0.3) is 5.91 Å². The number of amides is 1. The fourth-order valence-corrected chi connectivity index (χ4v) is 1.89. The van der Waals surface area contributed by atoms with Crippen molar-refractivity contribution in [2.24, 2.45) is 0 Å². The second-order valence-electron chi connectivity index (χ2n) is 4.80. The van der Waals surface area contributed by atoms with E-state index in [4.69, 9.17) is 5.11 Å². The number of pyridine rings is 1. The van der Waals surface area contributed by atoms with Gasteiger partial charge < -0.3 is 10.0 Å². The molecule has 0 atom stereocenters. The van der Waals surface area contributed by atoms with Gasteiger partial charge in [0, 0.05) is 18.8 Å². The average Bonchev–Trinajstić information content (AvgIpc) is 3.22. The number of carboxylic acids is 1. The summed E-state index contributed by atoms with van der Waals surface area (Å²) in [6.07, 6.45) is -2.57. The number of hydrogen-bond donors (Lipinski definition) is 1. The van der Waals surface area contributed by atoms with Gasteiger partial charge in [-0.05, 0) is 25.0 Å². The van der Waals surface area contributed by atoms with Gasteiger partial charge in [-0.1, -0.05) is 0 Å². The number of carbonyl (C=O) groups is 2. The molecule has 1 aliphatic rings. The number of hydrogen-bond acceptors (Lipinski definition) is 3. The van der Waals surface area contributed by atoms with Gasteiger partial charge in [-0.3, -0.25) is 14.6 Å². The quantitative estimate of drug-likeness (QED) is 0.905. The molecule has 0 bridgehead atoms. The highest BCUT2D eigenvalue weighted by Crippen LogP contribution is 2.30. The summed E-state index contributed by atoms with van der Waals surface area (Å²) in [5.41, 5.74) is -1.04. The molecule has 1 fully saturated rings. The van der Waals surface area contributed by atoms with Crippen LogP contribution in [0.5, 0.6) is 0 Å². The highest BCUT2D eigenvalue weighted by molar-refractivity contribution is 5.93. The third-order valence-corrected chi connectivity index (χ3v) is 3.13. The van der Waals surface area contributed by atoms with Crippen molar-refractivity contribution in [2.45, 2.75) is 31.5 Å². The summed E-state index contributed by atoms with van der Waals surface area (Å²) >= 11 is 0. The molecule has 1 aromatic rings. The summed E-state index contributed by atoms with van der Waals surface area (Å²) in [6, 6.07) is 1.77. The fourth-order valence-electron chi connectivity index (χ4n) is 1.89. The first-order valence-corrected chi connectivity index (χ1v) is 6.35. The largest absolute Gasteiger partial charge is 0.481 e. The topological polar surface area (TPSA) is 70.5 Å². The Morgan fingerprint density at radius 1 is 1.33 bits per heavy atom. The van der Waals surface area contributed by atoms with Gasteiger partial charge in [0.05, 0.1) is 12.0 Å². The van der Waals surface area contributed by atoms with Gasteiger partial charge >= 0.3 is 12.1 Å². The standard InChI is InChI=1S/C13H13F3N2O3/c14-13(15,16)8-1-4-10(17-7-8)12(21)18(9-2-3-9)6-5-11(19)20/h1,4,7,9H,2-3,5-6H2,(H,19,20). The molecule has 0 unspecified atom stereocenters. The van der Waals surface area contributed by atoms with Crippen molar-refractivity contribution in [1.82, 2.24) is 9.88 Å². The molecule has 0 spiro atoms. The Bertz CT molecular complexity index is 539. The first kappa shape index (κ1) is 15.3. The maximum Gasteiger partial charge on any atom is 0.417 e. The van der Waals surface area contributed by atoms with Crippen LogP contribution >= 0.6 is 0 Å². The third kappa shape index (κ3) is 3.93. The van der Waals surface area contributed by atoms with E-state index in [1.165, 1.54) is 4.90 Å². The summed E-state index contributed by atoms with van der Waals surface area (Å²) in [5.74, 6) is -1.57. The molecule has 8 heteroatoms. The van der Waals surface area contributed by atoms with Crippen LogP contribution in [0.1, 0.15) is 35.3 Å². The van der Waals surface area contributed by atoms with Crippen molar-refractivity contribution < 1.29 is 27.9 Å². The Hall–Kier alpha value is -2.12. The zero-order chi connectivity index (χ0) is 15.6. The molecular formula is C13H13F3N2O3. The zero-order valence-corrected chi connectivity index (χ0v) is 10.9. The third-order valence-electron chi connectivity index (χ3n) is 3.13. The summed E-state index contributed by atoms with van der Waals surface area (Å²) in [7, 11) is 0. The molecule has 114 valence electrons. The van der Waals surface area contributed by atoms with Crippen molar-refractivity contribution in [3.05, 3.63) is 29.6 Å². The van der Waals surface area contributed by atoms with E-state index in [2.05, 4.69) is 4.98 Å². The van der Waals surface area contributed by atoms with E-state index in [1.54, 1.807) is 0 Å². The number of rotatable bonds is 5. The minimum Gasteiger partial charge on any atom is -0.481 e. The first-order chi connectivity index (χ1) is 9.79. The molecule has 1 heterocycles. The van der Waals surface area contributed by atoms with Crippen LogP contribution < -0.4 is 0 Å². The zero-order valence-electron chi connectivity index (χ0n) is 10.9. The summed E-state index contributed by atoms with van der Waals surface area (Å²) in [4.78, 5) is 27.7. The van der Waals surface area contributed by atoms with Crippen LogP contribution in [0.3, 0.4) is 0 Å². The van der Waals surface area contributed by atoms with E-state index < -0.39 is 23.6 Å². The number of halogens is 3. The van der Waals surface area contributed by atoms with E-state index in [0.717, 1.165) is 25.0 Å². The molecule has 1 saturated carbocycles. The van der Waals surface area contributed by atoms with E-state index in [0.29, 0.717) is 6.20 Å². The molecule has 1 aliphatic carbocycles. The average molecular weight is 302 g/mol. The minimum absolute atomic E-state index is 0.0293. The lowest BCUT2D eigenvalue weighted by molar-refractivity contribution is -0.138. The lowest BCUT2D eigenvalue weighted by atomic mass is 10.2. The number of carbonyl (C=O) groups excluding carboxylic acids is 1. The second kappa shape index (κ2) is 5.71. The molecule has 2 rings (SSSR count). The molecule has 1 amide bonds. The molecule has 21 heavy (non-hydrogen) atoms. The maximum absolute atomic E-state index is 12.4. The van der Waals surface area contributed by atoms with E-state index in [9.17, 15) is 22.8 Å². The van der Waals surface area contributed by atoms with Gasteiger partial charge in [-0.2, -0.15) is 13.2 Å². The van der Waals surface area contributed by atoms with E-state index in [-0.39, 0.29) is 24.7 Å². The van der Waals surface area contributed by atoms with Gasteiger partial charge in [0.15, 0.2) is 0 Å². The molecule has 0 saturated heterocycles. The van der Waals surface area contributed by atoms with Crippen molar-refractivity contribution in [3.63, 3.8) is 0 Å². The summed E-state index contributed by atoms with van der Waals surface area (Å²) < 4.78 is 37.3. The predicted molar refractivity (Wildman–Crippen MR) is 65.6 cm³/mol. The van der Waals surface area contributed by atoms with Crippen LogP contribution in [0, 0.1) is 0 Å². The van der Waals surface area contributed by atoms with Crippen LogP contribution in [0.25, 0.3) is 0 Å². The van der Waals surface area contributed by atoms with E-state index >= 15 is 0 Å². The maximum atomic E-state index is 12.4. The Morgan fingerprint density at radius 3 is 2.43 bits per heavy atom. The molecule has 0 radical (unpaired) electrons. The Labute approximate surface area is 118 Å². The Kier molecular flexibility index (Phi) is 4.15. The van der Waals surface area contributed by atoms with Crippen LogP contribution in [0.15, 0.2) is 18.3 Å². The highest BCUT2D eigenvalue weighted by Gasteiger charge is 2.35. The van der Waals surface area contributed by atoms with Crippen molar-refractivity contribution in [3.8, 4) is 0 Å². The summed E-state index contributed by atoms with van der Waals surface area (Å²) in [5, 5.41) is 8.66. The highest BCUT2D eigenvalue weighted by atomic mass is 19.4. The summed E-state index contributed by atoms with van der Waals surface area (Å²) in [6.45, 7) is 0.0293. The van der Waals surface area contributed by atoms with Gasteiger partial charge in [-0.15, -0.1) is 0 Å². The number of aliphatic carboxylic acids is 1. The van der Waals surface area contributed by atoms with Crippen molar-refractivity contribution in [2.75, 3.05) is 6.54 Å². The Balaban J connectivity index is 2.11. The molecule has 0 aromatic carbocycles. The van der Waals surface area contributed by atoms with Crippen molar-refractivity contribution in [1.29, 1.82) is 0 Å². The SMILES string of the molecule is O=C(O)CCN(C(=O)c1ccc(C(F)(F)F)cn1)C1CC1. The molecule has 0 aliphatic heterocycles. The molecule has 1 aromatic heterocycles. The van der Waals surface area contributed by atoms with Crippen LogP contribution in [0.2, 0.25) is 0 Å². The number of nitrogens with zero attached hydrogens (tertiary/aromatic N) is 2. The van der Waals surface area contributed by atoms with Gasteiger partial charge in [-0.25, -0.2) is 0 Å². The number of carboxylic acid groups (broad SMARTS) is 1. The molecule has 1 N–H and O–H groups in total. The van der Waals surface area contributed by atoms with Crippen LogP contribution in [-0.4, -0.2) is 39.5 Å². The number of aromatic nitrogens is 1. The first-order valence-electron chi connectivity index (χ1n) is 6.35.